The van der Waals surface area contributed by atoms with E-state index in [1.165, 1.54) is 25.8 Å². The van der Waals surface area contributed by atoms with Gasteiger partial charge in [-0.1, -0.05) is 12.2 Å². The summed E-state index contributed by atoms with van der Waals surface area (Å²) < 4.78 is 31.7. The highest BCUT2D eigenvalue weighted by atomic mass is 32.1. The van der Waals surface area contributed by atoms with E-state index in [0.717, 1.165) is 93.7 Å². The Bertz CT molecular complexity index is 2080. The average molecular weight is 699 g/mol. The fourth-order valence-corrected chi connectivity index (χ4v) is 9.74. The number of anilines is 1. The second kappa shape index (κ2) is 13.1. The summed E-state index contributed by atoms with van der Waals surface area (Å²) in [6.07, 6.45) is 15.7. The number of ether oxygens (including phenoxy) is 2. The molecule has 3 aliphatic heterocycles. The Kier molecular flexibility index (Phi) is 8.47. The number of hydrogen-bond acceptors (Lipinski definition) is 9. The zero-order valence-corrected chi connectivity index (χ0v) is 29.2. The van der Waals surface area contributed by atoms with E-state index in [9.17, 15) is 9.59 Å². The van der Waals surface area contributed by atoms with E-state index in [4.69, 9.17) is 9.47 Å². The van der Waals surface area contributed by atoms with Crippen LogP contribution < -0.4 is 16.4 Å². The molecule has 0 spiro atoms. The van der Waals surface area contributed by atoms with Crippen LogP contribution in [0.4, 0.5) is 10.1 Å². The van der Waals surface area contributed by atoms with Crippen molar-refractivity contribution in [1.29, 1.82) is 0 Å². The smallest absolute Gasteiger partial charge is 0.289 e. The highest BCUT2D eigenvalue weighted by Crippen LogP contribution is 2.39. The van der Waals surface area contributed by atoms with Crippen LogP contribution in [0.2, 0.25) is 0 Å². The minimum Gasteiger partial charge on any atom is -0.378 e. The fourth-order valence-electron chi connectivity index (χ4n) is 8.45. The highest BCUT2D eigenvalue weighted by molar-refractivity contribution is 7.19. The van der Waals surface area contributed by atoms with E-state index < -0.39 is 6.17 Å². The summed E-state index contributed by atoms with van der Waals surface area (Å²) in [7, 11) is 1.72. The molecule has 6 aliphatic rings. The van der Waals surface area contributed by atoms with E-state index in [1.807, 2.05) is 6.07 Å². The third-order valence-electron chi connectivity index (χ3n) is 11.4. The Balaban J connectivity index is 1.11. The van der Waals surface area contributed by atoms with Crippen molar-refractivity contribution in [2.24, 2.45) is 7.05 Å². The summed E-state index contributed by atoms with van der Waals surface area (Å²) in [6, 6.07) is 2.48. The molecule has 262 valence electrons. The second-order valence-corrected chi connectivity index (χ2v) is 15.6. The van der Waals surface area contributed by atoms with Gasteiger partial charge in [0, 0.05) is 73.4 Å². The molecule has 9 rings (SSSR count). The first-order chi connectivity index (χ1) is 24.4. The summed E-state index contributed by atoms with van der Waals surface area (Å²) in [4.78, 5) is 34.0. The predicted molar refractivity (Wildman–Crippen MR) is 194 cm³/mol. The number of hydrogen-bond donors (Lipinski definition) is 1. The number of nitrogens with one attached hydrogen (secondary N) is 1. The van der Waals surface area contributed by atoms with Gasteiger partial charge in [-0.3, -0.25) is 19.4 Å². The number of halogens is 1. The summed E-state index contributed by atoms with van der Waals surface area (Å²) in [5.41, 5.74) is 4.70. The number of aromatic nitrogens is 3. The summed E-state index contributed by atoms with van der Waals surface area (Å²) in [5.74, 6) is 0. The maximum atomic E-state index is 15.8. The van der Waals surface area contributed by atoms with Crippen LogP contribution in [0.15, 0.2) is 63.6 Å². The van der Waals surface area contributed by atoms with Crippen LogP contribution in [0.25, 0.3) is 21.4 Å². The van der Waals surface area contributed by atoms with Crippen LogP contribution in [0.5, 0.6) is 0 Å². The van der Waals surface area contributed by atoms with Crippen molar-refractivity contribution in [1.82, 2.24) is 24.1 Å². The molecule has 6 heterocycles. The molecular weight excluding hydrogens is 656 g/mol. The number of pyridine rings is 1. The van der Waals surface area contributed by atoms with Crippen molar-refractivity contribution in [3.8, 4) is 0 Å². The van der Waals surface area contributed by atoms with Crippen LogP contribution in [0.1, 0.15) is 48.1 Å². The second-order valence-electron chi connectivity index (χ2n) is 14.5. The van der Waals surface area contributed by atoms with Crippen LogP contribution >= 0.6 is 11.3 Å². The third kappa shape index (κ3) is 5.84. The predicted octanol–water partition coefficient (Wildman–Crippen LogP) is 4.50. The Labute approximate surface area is 294 Å². The molecule has 0 radical (unpaired) electrons. The van der Waals surface area contributed by atoms with Gasteiger partial charge in [0.2, 0.25) is 0 Å². The fraction of sp³-hybridized carbons (Fsp3) is 0.500. The minimum absolute atomic E-state index is 0.107. The Morgan fingerprint density at radius 3 is 2.68 bits per heavy atom. The number of rotatable bonds is 3. The molecule has 3 aliphatic carbocycles. The lowest BCUT2D eigenvalue weighted by atomic mass is 9.89. The molecule has 0 aromatic carbocycles. The lowest BCUT2D eigenvalue weighted by Gasteiger charge is -2.44. The van der Waals surface area contributed by atoms with Crippen LogP contribution in [0.3, 0.4) is 0 Å². The number of alkyl halides is 1. The van der Waals surface area contributed by atoms with Gasteiger partial charge in [-0.2, -0.15) is 9.78 Å². The molecule has 2 fully saturated rings. The van der Waals surface area contributed by atoms with Crippen molar-refractivity contribution >= 4 is 38.4 Å². The molecule has 12 heteroatoms. The van der Waals surface area contributed by atoms with Gasteiger partial charge in [-0.15, -0.1) is 11.3 Å². The van der Waals surface area contributed by atoms with Gasteiger partial charge in [0.05, 0.1) is 43.9 Å². The van der Waals surface area contributed by atoms with Gasteiger partial charge in [-0.25, -0.2) is 4.39 Å². The van der Waals surface area contributed by atoms with E-state index in [1.54, 1.807) is 30.8 Å². The van der Waals surface area contributed by atoms with Crippen LogP contribution in [-0.2, 0) is 29.4 Å². The van der Waals surface area contributed by atoms with Crippen LogP contribution in [0, 0.1) is 0 Å². The van der Waals surface area contributed by atoms with E-state index in [2.05, 4.69) is 38.4 Å². The maximum absolute atomic E-state index is 15.8. The number of allylic oxidation sites excluding steroid dienone is 3. The molecular formula is C38H43FN6O4S. The molecule has 50 heavy (non-hydrogen) atoms. The first-order valence-corrected chi connectivity index (χ1v) is 18.9. The summed E-state index contributed by atoms with van der Waals surface area (Å²) in [5, 5.41) is 9.02. The lowest BCUT2D eigenvalue weighted by molar-refractivity contribution is -0.0797. The topological polar surface area (TPSA) is 93.9 Å². The van der Waals surface area contributed by atoms with Crippen molar-refractivity contribution in [3.05, 3.63) is 90.7 Å². The SMILES string of the molecule is Cn1cc2cc(c1=O)NC1=CCC(CC(N3CCN(C4COC4)CC3)C=C1)OCC1=C2CC(F)C=C1n1ncc2c3c(sc2c1=O)CCCC3. The van der Waals surface area contributed by atoms with Gasteiger partial charge in [0.1, 0.15) is 16.6 Å². The van der Waals surface area contributed by atoms with E-state index in [0.29, 0.717) is 34.1 Å². The highest BCUT2D eigenvalue weighted by Gasteiger charge is 2.33. The number of thiophene rings is 1. The normalized spacial score (nSPS) is 26.5. The van der Waals surface area contributed by atoms with Gasteiger partial charge >= 0.3 is 0 Å². The molecule has 3 aromatic heterocycles. The standard InChI is InChI=1S/C38H43FN6O4S/c1-42-19-23-14-33(37(42)46)41-25-6-8-26(43-10-12-44(13-11-43)27-20-48-21-27)17-28(9-7-25)49-22-32-30(23)15-24(39)16-34(32)45-38(47)36-31(18-40-45)29-4-2-3-5-35(29)50-36/h6-8,14,16,18-19,24,26-28,41H,2-5,9-13,15,17,20-22H2,1H3. The molecule has 10 nitrogen and oxygen atoms in total. The number of piperazine rings is 1. The van der Waals surface area contributed by atoms with Crippen molar-refractivity contribution in [2.45, 2.75) is 69.3 Å². The zero-order chi connectivity index (χ0) is 33.9. The van der Waals surface area contributed by atoms with Gasteiger partial charge in [-0.05, 0) is 73.4 Å². The quantitative estimate of drug-likeness (QED) is 0.428. The monoisotopic (exact) mass is 698 g/mol. The molecule has 0 amide bonds. The summed E-state index contributed by atoms with van der Waals surface area (Å²) >= 11 is 1.56. The van der Waals surface area contributed by atoms with E-state index >= 15 is 4.39 Å². The Morgan fingerprint density at radius 1 is 1.04 bits per heavy atom. The molecule has 4 bridgehead atoms. The third-order valence-corrected chi connectivity index (χ3v) is 12.7. The molecule has 3 aromatic rings. The lowest BCUT2D eigenvalue weighted by Crippen LogP contribution is -2.58. The number of aryl methyl sites for hydroxylation is 3. The van der Waals surface area contributed by atoms with Crippen molar-refractivity contribution < 1.29 is 13.9 Å². The van der Waals surface area contributed by atoms with Crippen LogP contribution in [-0.4, -0.2) is 94.5 Å². The molecule has 2 saturated heterocycles. The zero-order valence-electron chi connectivity index (χ0n) is 28.4. The van der Waals surface area contributed by atoms with Gasteiger partial charge < -0.3 is 19.4 Å². The molecule has 0 saturated carbocycles. The Morgan fingerprint density at radius 2 is 1.86 bits per heavy atom. The molecule has 3 unspecified atom stereocenters. The number of fused-ring (bicyclic) bond motifs is 8. The Hall–Kier alpha value is -3.68. The number of nitrogens with zero attached hydrogens (tertiary/aromatic N) is 5. The maximum Gasteiger partial charge on any atom is 0.289 e. The van der Waals surface area contributed by atoms with Gasteiger partial charge in [0.25, 0.3) is 11.1 Å². The summed E-state index contributed by atoms with van der Waals surface area (Å²) in [6.45, 7) is 5.74. The largest absolute Gasteiger partial charge is 0.378 e. The minimum atomic E-state index is -1.34. The van der Waals surface area contributed by atoms with Gasteiger partial charge in [0.15, 0.2) is 0 Å². The molecule has 1 N–H and O–H groups in total. The first kappa shape index (κ1) is 32.2. The van der Waals surface area contributed by atoms with Crippen molar-refractivity contribution in [2.75, 3.05) is 51.3 Å². The first-order valence-electron chi connectivity index (χ1n) is 18.0. The van der Waals surface area contributed by atoms with Crippen molar-refractivity contribution in [3.63, 3.8) is 0 Å². The van der Waals surface area contributed by atoms with E-state index in [-0.39, 0.29) is 36.3 Å². The average Bonchev–Trinajstić information content (AvgIpc) is 3.47. The molecule has 3 atom stereocenters.